The third-order valence-corrected chi connectivity index (χ3v) is 4.45. The summed E-state index contributed by atoms with van der Waals surface area (Å²) in [6.07, 6.45) is 9.14. The van der Waals surface area contributed by atoms with Crippen LogP contribution in [0.1, 0.15) is 59.3 Å². The predicted octanol–water partition coefficient (Wildman–Crippen LogP) is 4.25. The van der Waals surface area contributed by atoms with E-state index in [1.165, 1.54) is 38.5 Å². The van der Waals surface area contributed by atoms with Crippen molar-refractivity contribution in [3.05, 3.63) is 0 Å². The number of rotatable bonds is 0. The topological polar surface area (TPSA) is 0 Å². The van der Waals surface area contributed by atoms with Crippen LogP contribution in [-0.4, -0.2) is 0 Å². The Balaban J connectivity index is 2.07. The lowest BCUT2D eigenvalue weighted by Crippen LogP contribution is -2.28. The van der Waals surface area contributed by atoms with Crippen molar-refractivity contribution in [3.8, 4) is 0 Å². The maximum atomic E-state index is 2.44. The lowest BCUT2D eigenvalue weighted by molar-refractivity contribution is 0.133. The summed E-state index contributed by atoms with van der Waals surface area (Å²) in [4.78, 5) is 0. The van der Waals surface area contributed by atoms with Gasteiger partial charge in [-0.05, 0) is 42.4 Å². The summed E-state index contributed by atoms with van der Waals surface area (Å²) >= 11 is 0. The van der Waals surface area contributed by atoms with Crippen LogP contribution in [0.5, 0.6) is 0 Å². The van der Waals surface area contributed by atoms with Crippen molar-refractivity contribution in [1.82, 2.24) is 0 Å². The Morgan fingerprint density at radius 3 is 2.23 bits per heavy atom. The minimum Gasteiger partial charge on any atom is -0.0599 e. The molecule has 0 aliphatic heterocycles. The lowest BCUT2D eigenvalue weighted by atomic mass is 9.69. The SMILES string of the molecule is CC(C)(C)C1CCC2CCCCC21. The number of hydrogen-bond acceptors (Lipinski definition) is 0. The van der Waals surface area contributed by atoms with Crippen LogP contribution < -0.4 is 0 Å². The van der Waals surface area contributed by atoms with Crippen LogP contribution in [0.3, 0.4) is 0 Å². The summed E-state index contributed by atoms with van der Waals surface area (Å²) in [6.45, 7) is 7.32. The highest BCUT2D eigenvalue weighted by Gasteiger charge is 2.42. The van der Waals surface area contributed by atoms with E-state index in [0.717, 1.165) is 17.8 Å². The molecule has 0 aromatic rings. The molecule has 0 aromatic carbocycles. The highest BCUT2D eigenvalue weighted by atomic mass is 14.5. The predicted molar refractivity (Wildman–Crippen MR) is 57.6 cm³/mol. The van der Waals surface area contributed by atoms with Gasteiger partial charge in [-0.3, -0.25) is 0 Å². The molecule has 3 atom stereocenters. The normalized spacial score (nSPS) is 40.4. The van der Waals surface area contributed by atoms with Gasteiger partial charge in [0.1, 0.15) is 0 Å². The van der Waals surface area contributed by atoms with E-state index in [4.69, 9.17) is 0 Å². The smallest absolute Gasteiger partial charge is 0.0334 e. The first kappa shape index (κ1) is 9.55. The average Bonchev–Trinajstić information content (AvgIpc) is 2.45. The van der Waals surface area contributed by atoms with Gasteiger partial charge in [0.05, 0.1) is 0 Å². The zero-order chi connectivity index (χ0) is 9.47. The molecule has 0 saturated heterocycles. The van der Waals surface area contributed by atoms with Crippen molar-refractivity contribution in [3.63, 3.8) is 0 Å². The highest BCUT2D eigenvalue weighted by Crippen LogP contribution is 2.51. The van der Waals surface area contributed by atoms with E-state index >= 15 is 0 Å². The first-order chi connectivity index (χ1) is 6.09. The van der Waals surface area contributed by atoms with E-state index in [2.05, 4.69) is 20.8 Å². The quantitative estimate of drug-likeness (QED) is 0.523. The monoisotopic (exact) mass is 180 g/mol. The summed E-state index contributed by atoms with van der Waals surface area (Å²) in [5, 5.41) is 0. The van der Waals surface area contributed by atoms with Crippen LogP contribution in [-0.2, 0) is 0 Å². The van der Waals surface area contributed by atoms with Gasteiger partial charge in [-0.1, -0.05) is 40.0 Å². The minimum atomic E-state index is 0.566. The maximum Gasteiger partial charge on any atom is -0.0334 e. The van der Waals surface area contributed by atoms with Crippen molar-refractivity contribution in [2.24, 2.45) is 23.2 Å². The Bertz CT molecular complexity index is 175. The fourth-order valence-corrected chi connectivity index (χ4v) is 3.81. The van der Waals surface area contributed by atoms with Crippen LogP contribution in [0.2, 0.25) is 0 Å². The molecule has 2 rings (SSSR count). The van der Waals surface area contributed by atoms with Crippen molar-refractivity contribution in [2.75, 3.05) is 0 Å². The van der Waals surface area contributed by atoms with E-state index in [1.807, 2.05) is 0 Å². The molecule has 0 radical (unpaired) electrons. The Morgan fingerprint density at radius 1 is 0.846 bits per heavy atom. The van der Waals surface area contributed by atoms with Gasteiger partial charge in [-0.2, -0.15) is 0 Å². The van der Waals surface area contributed by atoms with Crippen LogP contribution in [0.15, 0.2) is 0 Å². The summed E-state index contributed by atoms with van der Waals surface area (Å²) < 4.78 is 0. The summed E-state index contributed by atoms with van der Waals surface area (Å²) in [5.74, 6) is 3.23. The van der Waals surface area contributed by atoms with Gasteiger partial charge >= 0.3 is 0 Å². The molecule has 2 fully saturated rings. The molecule has 0 N–H and O–H groups in total. The lowest BCUT2D eigenvalue weighted by Gasteiger charge is -2.36. The highest BCUT2D eigenvalue weighted by molar-refractivity contribution is 4.92. The van der Waals surface area contributed by atoms with Gasteiger partial charge in [0.2, 0.25) is 0 Å². The van der Waals surface area contributed by atoms with Crippen LogP contribution in [0.4, 0.5) is 0 Å². The summed E-state index contributed by atoms with van der Waals surface area (Å²) in [7, 11) is 0. The first-order valence-corrected chi connectivity index (χ1v) is 6.09. The molecule has 0 heterocycles. The van der Waals surface area contributed by atoms with Crippen molar-refractivity contribution in [2.45, 2.75) is 59.3 Å². The molecule has 0 spiro atoms. The van der Waals surface area contributed by atoms with Crippen molar-refractivity contribution >= 4 is 0 Å². The zero-order valence-electron chi connectivity index (χ0n) is 9.47. The second-order valence-electron chi connectivity index (χ2n) is 6.26. The molecule has 13 heavy (non-hydrogen) atoms. The number of fused-ring (bicyclic) bond motifs is 1. The van der Waals surface area contributed by atoms with Crippen molar-refractivity contribution < 1.29 is 0 Å². The Kier molecular flexibility index (Phi) is 2.42. The summed E-state index contributed by atoms with van der Waals surface area (Å²) in [6, 6.07) is 0. The molecule has 3 unspecified atom stereocenters. The minimum absolute atomic E-state index is 0.566. The molecule has 0 heteroatoms. The van der Waals surface area contributed by atoms with Gasteiger partial charge < -0.3 is 0 Å². The Morgan fingerprint density at radius 2 is 1.54 bits per heavy atom. The van der Waals surface area contributed by atoms with E-state index < -0.39 is 0 Å². The molecule has 0 nitrogen and oxygen atoms in total. The van der Waals surface area contributed by atoms with E-state index in [-0.39, 0.29) is 0 Å². The molecular formula is C13H24. The molecule has 2 aliphatic rings. The molecule has 0 amide bonds. The van der Waals surface area contributed by atoms with Gasteiger partial charge in [0.15, 0.2) is 0 Å². The Labute approximate surface area is 83.1 Å². The fraction of sp³-hybridized carbons (Fsp3) is 1.00. The van der Waals surface area contributed by atoms with E-state index in [1.54, 1.807) is 0 Å². The van der Waals surface area contributed by atoms with Gasteiger partial charge in [-0.15, -0.1) is 0 Å². The average molecular weight is 180 g/mol. The molecule has 0 bridgehead atoms. The van der Waals surface area contributed by atoms with Gasteiger partial charge in [0, 0.05) is 0 Å². The molecule has 2 aliphatic carbocycles. The fourth-order valence-electron chi connectivity index (χ4n) is 3.81. The second kappa shape index (κ2) is 3.29. The van der Waals surface area contributed by atoms with Crippen LogP contribution in [0, 0.1) is 23.2 Å². The largest absolute Gasteiger partial charge is 0.0599 e. The van der Waals surface area contributed by atoms with E-state index in [9.17, 15) is 0 Å². The van der Waals surface area contributed by atoms with Crippen molar-refractivity contribution in [1.29, 1.82) is 0 Å². The van der Waals surface area contributed by atoms with Gasteiger partial charge in [0.25, 0.3) is 0 Å². The third-order valence-electron chi connectivity index (χ3n) is 4.45. The van der Waals surface area contributed by atoms with Gasteiger partial charge in [-0.25, -0.2) is 0 Å². The zero-order valence-corrected chi connectivity index (χ0v) is 9.47. The molecule has 76 valence electrons. The number of hydrogen-bond donors (Lipinski definition) is 0. The first-order valence-electron chi connectivity index (χ1n) is 6.09. The third kappa shape index (κ3) is 1.78. The maximum absolute atomic E-state index is 2.44. The van der Waals surface area contributed by atoms with E-state index in [0.29, 0.717) is 5.41 Å². The molecular weight excluding hydrogens is 156 g/mol. The standard InChI is InChI=1S/C13H24/c1-13(2,3)12-9-8-10-6-4-5-7-11(10)12/h10-12H,4-9H2,1-3H3. The molecule has 2 saturated carbocycles. The van der Waals surface area contributed by atoms with Crippen LogP contribution in [0.25, 0.3) is 0 Å². The summed E-state index contributed by atoms with van der Waals surface area (Å²) in [5.41, 5.74) is 0.566. The van der Waals surface area contributed by atoms with Crippen LogP contribution >= 0.6 is 0 Å². The second-order valence-corrected chi connectivity index (χ2v) is 6.26. The Hall–Kier alpha value is 0. The molecule has 0 aromatic heterocycles.